The minimum absolute atomic E-state index is 0.124. The van der Waals surface area contributed by atoms with E-state index in [0.717, 1.165) is 4.88 Å². The number of nitrogens with zero attached hydrogens (tertiary/aromatic N) is 5. The van der Waals surface area contributed by atoms with Gasteiger partial charge in [0.05, 0.1) is 23.1 Å². The smallest absolute Gasteiger partial charge is 0.263 e. The number of ketones is 1. The highest BCUT2D eigenvalue weighted by atomic mass is 35.5. The largest absolute Gasteiger partial charge is 0.365 e. The molecule has 1 N–H and O–H groups in total. The fourth-order valence-corrected chi connectivity index (χ4v) is 4.83. The molecule has 40 heavy (non-hydrogen) atoms. The van der Waals surface area contributed by atoms with Crippen molar-refractivity contribution in [3.63, 3.8) is 0 Å². The summed E-state index contributed by atoms with van der Waals surface area (Å²) in [6, 6.07) is 10.0. The predicted molar refractivity (Wildman–Crippen MR) is 155 cm³/mol. The number of hydrogen-bond acceptors (Lipinski definition) is 8. The molecule has 0 aliphatic carbocycles. The lowest BCUT2D eigenvalue weighted by molar-refractivity contribution is 0.0751. The Morgan fingerprint density at radius 1 is 1.12 bits per heavy atom. The number of amides is 1. The van der Waals surface area contributed by atoms with E-state index in [2.05, 4.69) is 15.4 Å². The molecule has 0 saturated heterocycles. The maximum absolute atomic E-state index is 13.3. The quantitative estimate of drug-likeness (QED) is 0.300. The fourth-order valence-electron chi connectivity index (χ4n) is 3.81. The molecule has 12 heteroatoms. The second kappa shape index (κ2) is 11.6. The van der Waals surface area contributed by atoms with E-state index < -0.39 is 16.9 Å². The van der Waals surface area contributed by atoms with E-state index in [1.807, 2.05) is 6.07 Å². The number of Topliss-reactive ketones (excluding diaryl/α,β-unsaturated/α-hetero) is 1. The van der Waals surface area contributed by atoms with Gasteiger partial charge in [-0.15, -0.1) is 11.3 Å². The van der Waals surface area contributed by atoms with Crippen molar-refractivity contribution in [2.45, 2.75) is 33.9 Å². The molecule has 208 valence electrons. The van der Waals surface area contributed by atoms with E-state index in [1.54, 1.807) is 51.2 Å². The van der Waals surface area contributed by atoms with Crippen molar-refractivity contribution in [1.82, 2.24) is 24.2 Å². The van der Waals surface area contributed by atoms with E-state index in [9.17, 15) is 19.2 Å². The first kappa shape index (κ1) is 28.9. The van der Waals surface area contributed by atoms with Crippen LogP contribution in [-0.2, 0) is 13.1 Å². The SMILES string of the molecule is CN(C)C(=O)c1cc(-c2cc(NCc3ccc(Cl)s3)n(C(=O)C(C)(C)C)n2)cn(CC(=O)c2cccnc2)c1=O. The molecule has 0 atom stereocenters. The van der Waals surface area contributed by atoms with Crippen LogP contribution in [0.4, 0.5) is 5.82 Å². The van der Waals surface area contributed by atoms with Gasteiger partial charge in [-0.3, -0.25) is 24.2 Å². The fraction of sp³-hybridized carbons (Fsp3) is 0.286. The molecule has 0 radical (unpaired) electrons. The zero-order chi connectivity index (χ0) is 29.2. The van der Waals surface area contributed by atoms with Crippen molar-refractivity contribution in [3.05, 3.63) is 85.7 Å². The van der Waals surface area contributed by atoms with Crippen LogP contribution in [0.1, 0.15) is 51.2 Å². The van der Waals surface area contributed by atoms with E-state index >= 15 is 0 Å². The third-order valence-corrected chi connectivity index (χ3v) is 7.16. The summed E-state index contributed by atoms with van der Waals surface area (Å²) in [5.74, 6) is -0.687. The lowest BCUT2D eigenvalue weighted by atomic mass is 9.96. The molecule has 0 spiro atoms. The Balaban J connectivity index is 1.80. The minimum Gasteiger partial charge on any atom is -0.365 e. The van der Waals surface area contributed by atoms with Gasteiger partial charge in [0.15, 0.2) is 5.78 Å². The molecular formula is C28H29ClN6O4S. The van der Waals surface area contributed by atoms with Crippen LogP contribution in [0.15, 0.2) is 59.8 Å². The van der Waals surface area contributed by atoms with E-state index in [0.29, 0.717) is 33.5 Å². The van der Waals surface area contributed by atoms with Crippen LogP contribution in [0.2, 0.25) is 4.34 Å². The Kier molecular flexibility index (Phi) is 8.36. The van der Waals surface area contributed by atoms with Crippen LogP contribution in [0.3, 0.4) is 0 Å². The monoisotopic (exact) mass is 580 g/mol. The minimum atomic E-state index is -0.743. The molecule has 4 aromatic heterocycles. The van der Waals surface area contributed by atoms with Crippen LogP contribution in [0, 0.1) is 5.41 Å². The summed E-state index contributed by atoms with van der Waals surface area (Å²) >= 11 is 7.48. The number of carbonyl (C=O) groups is 3. The van der Waals surface area contributed by atoms with Crippen LogP contribution in [-0.4, -0.2) is 55.9 Å². The molecule has 0 fully saturated rings. The second-order valence-electron chi connectivity index (χ2n) is 10.4. The van der Waals surface area contributed by atoms with Gasteiger partial charge >= 0.3 is 0 Å². The van der Waals surface area contributed by atoms with Gasteiger partial charge in [0.1, 0.15) is 11.4 Å². The summed E-state index contributed by atoms with van der Waals surface area (Å²) in [7, 11) is 3.07. The Labute approximate surface area is 240 Å². The summed E-state index contributed by atoms with van der Waals surface area (Å²) in [5.41, 5.74) is -0.405. The average molecular weight is 581 g/mol. The van der Waals surface area contributed by atoms with Crippen LogP contribution < -0.4 is 10.9 Å². The van der Waals surface area contributed by atoms with E-state index in [4.69, 9.17) is 11.6 Å². The molecule has 0 aliphatic heterocycles. The number of anilines is 1. The Morgan fingerprint density at radius 3 is 2.48 bits per heavy atom. The molecule has 0 aliphatic rings. The number of rotatable bonds is 8. The van der Waals surface area contributed by atoms with Gasteiger partial charge in [-0.05, 0) is 30.3 Å². The van der Waals surface area contributed by atoms with Gasteiger partial charge in [0, 0.05) is 60.2 Å². The number of pyridine rings is 2. The van der Waals surface area contributed by atoms with Crippen LogP contribution >= 0.6 is 22.9 Å². The molecular weight excluding hydrogens is 552 g/mol. The second-order valence-corrected chi connectivity index (χ2v) is 12.2. The van der Waals surface area contributed by atoms with Gasteiger partial charge in [-0.2, -0.15) is 9.78 Å². The lowest BCUT2D eigenvalue weighted by Crippen LogP contribution is -2.33. The third-order valence-electron chi connectivity index (χ3n) is 5.93. The molecule has 0 aromatic carbocycles. The number of carbonyl (C=O) groups excluding carboxylic acids is 3. The summed E-state index contributed by atoms with van der Waals surface area (Å²) in [6.07, 6.45) is 4.44. The highest BCUT2D eigenvalue weighted by molar-refractivity contribution is 7.16. The maximum Gasteiger partial charge on any atom is 0.263 e. The molecule has 0 saturated carbocycles. The molecule has 1 amide bonds. The maximum atomic E-state index is 13.3. The van der Waals surface area contributed by atoms with Crippen molar-refractivity contribution in [1.29, 1.82) is 0 Å². The van der Waals surface area contributed by atoms with Crippen molar-refractivity contribution >= 4 is 46.4 Å². The van der Waals surface area contributed by atoms with Crippen LogP contribution in [0.5, 0.6) is 0 Å². The first-order chi connectivity index (χ1) is 18.8. The number of nitrogens with one attached hydrogen (secondary N) is 1. The standard InChI is InChI=1S/C28H29ClN6O4S/c1-28(2,3)27(39)35-24(31-14-19-8-9-23(29)40-19)12-21(32-35)18-11-20(25(37)33(4)5)26(38)34(15-18)16-22(36)17-7-6-10-30-13-17/h6-13,15,31H,14,16H2,1-5H3. The Bertz CT molecular complexity index is 1630. The summed E-state index contributed by atoms with van der Waals surface area (Å²) in [5, 5.41) is 7.81. The van der Waals surface area contributed by atoms with Crippen LogP contribution in [0.25, 0.3) is 11.3 Å². The van der Waals surface area contributed by atoms with Gasteiger partial charge < -0.3 is 14.8 Å². The van der Waals surface area contributed by atoms with Crippen molar-refractivity contribution in [2.75, 3.05) is 19.4 Å². The number of hydrogen-bond donors (Lipinski definition) is 1. The number of thiophene rings is 1. The zero-order valence-electron chi connectivity index (χ0n) is 22.8. The normalized spacial score (nSPS) is 11.3. The summed E-state index contributed by atoms with van der Waals surface area (Å²) in [6.45, 7) is 5.47. The van der Waals surface area contributed by atoms with Gasteiger partial charge in [-0.25, -0.2) is 0 Å². The number of aromatic nitrogens is 4. The first-order valence-electron chi connectivity index (χ1n) is 12.4. The van der Waals surface area contributed by atoms with E-state index in [1.165, 1.54) is 58.0 Å². The third kappa shape index (κ3) is 6.37. The zero-order valence-corrected chi connectivity index (χ0v) is 24.3. The number of halogens is 1. The molecule has 4 aromatic rings. The molecule has 10 nitrogen and oxygen atoms in total. The Morgan fingerprint density at radius 2 is 1.88 bits per heavy atom. The topological polar surface area (TPSA) is 119 Å². The molecule has 4 heterocycles. The van der Waals surface area contributed by atoms with Gasteiger partial charge in [0.2, 0.25) is 0 Å². The average Bonchev–Trinajstić information content (AvgIpc) is 3.53. The molecule has 0 unspecified atom stereocenters. The highest BCUT2D eigenvalue weighted by Crippen LogP contribution is 2.28. The van der Waals surface area contributed by atoms with Crippen molar-refractivity contribution < 1.29 is 14.4 Å². The highest BCUT2D eigenvalue weighted by Gasteiger charge is 2.28. The van der Waals surface area contributed by atoms with Crippen molar-refractivity contribution in [2.24, 2.45) is 5.41 Å². The van der Waals surface area contributed by atoms with E-state index in [-0.39, 0.29) is 23.8 Å². The summed E-state index contributed by atoms with van der Waals surface area (Å²) in [4.78, 5) is 58.7. The Hall–Kier alpha value is -4.09. The molecule has 4 rings (SSSR count). The first-order valence-corrected chi connectivity index (χ1v) is 13.6. The van der Waals surface area contributed by atoms with Gasteiger partial charge in [0.25, 0.3) is 17.4 Å². The predicted octanol–water partition coefficient (Wildman–Crippen LogP) is 4.70. The van der Waals surface area contributed by atoms with Gasteiger partial charge in [-0.1, -0.05) is 32.4 Å². The lowest BCUT2D eigenvalue weighted by Gasteiger charge is -2.18. The molecule has 0 bridgehead atoms. The summed E-state index contributed by atoms with van der Waals surface area (Å²) < 4.78 is 3.12. The van der Waals surface area contributed by atoms with Crippen molar-refractivity contribution in [3.8, 4) is 11.3 Å².